The van der Waals surface area contributed by atoms with Gasteiger partial charge in [-0.1, -0.05) is 18.2 Å². The summed E-state index contributed by atoms with van der Waals surface area (Å²) in [5, 5.41) is 2.88. The lowest BCUT2D eigenvalue weighted by molar-refractivity contribution is 0.0460. The van der Waals surface area contributed by atoms with Gasteiger partial charge in [-0.05, 0) is 32.0 Å². The van der Waals surface area contributed by atoms with Gasteiger partial charge >= 0.3 is 6.03 Å². The van der Waals surface area contributed by atoms with E-state index in [1.165, 1.54) is 0 Å². The smallest absolute Gasteiger partial charge is 0.322 e. The lowest BCUT2D eigenvalue weighted by Crippen LogP contribution is -2.57. The first-order valence-corrected chi connectivity index (χ1v) is 8.03. The van der Waals surface area contributed by atoms with E-state index in [4.69, 9.17) is 9.47 Å². The third kappa shape index (κ3) is 3.76. The Kier molecular flexibility index (Phi) is 4.84. The van der Waals surface area contributed by atoms with Gasteiger partial charge in [-0.15, -0.1) is 0 Å². The molecule has 2 heterocycles. The van der Waals surface area contributed by atoms with Crippen LogP contribution in [0, 0.1) is 6.92 Å². The molecule has 0 atom stereocenters. The lowest BCUT2D eigenvalue weighted by Gasteiger charge is -2.38. The topological polar surface area (TPSA) is 63.7 Å². The molecule has 0 bridgehead atoms. The summed E-state index contributed by atoms with van der Waals surface area (Å²) in [6, 6.07) is 12.9. The number of pyridine rings is 1. The van der Waals surface area contributed by atoms with E-state index in [0.29, 0.717) is 37.0 Å². The number of urea groups is 1. The largest absolute Gasteiger partial charge is 0.492 e. The summed E-state index contributed by atoms with van der Waals surface area (Å²) in [5.74, 6) is 1.27. The molecule has 1 saturated heterocycles. The van der Waals surface area contributed by atoms with Gasteiger partial charge in [0.15, 0.2) is 0 Å². The number of amides is 2. The number of rotatable bonds is 5. The Hall–Kier alpha value is -2.76. The fourth-order valence-electron chi connectivity index (χ4n) is 2.48. The van der Waals surface area contributed by atoms with Crippen LogP contribution in [-0.2, 0) is 0 Å². The number of carbonyl (C=O) groups excluding carboxylic acids is 1. The normalized spacial score (nSPS) is 14.0. The van der Waals surface area contributed by atoms with Crippen LogP contribution >= 0.6 is 0 Å². The first kappa shape index (κ1) is 16.1. The second-order valence-electron chi connectivity index (χ2n) is 5.62. The van der Waals surface area contributed by atoms with Crippen LogP contribution in [0.5, 0.6) is 11.6 Å². The van der Waals surface area contributed by atoms with Crippen LogP contribution in [0.4, 0.5) is 10.5 Å². The van der Waals surface area contributed by atoms with E-state index >= 15 is 0 Å². The van der Waals surface area contributed by atoms with Gasteiger partial charge in [0, 0.05) is 11.8 Å². The second kappa shape index (κ2) is 7.21. The van der Waals surface area contributed by atoms with Crippen LogP contribution in [0.2, 0.25) is 0 Å². The van der Waals surface area contributed by atoms with Crippen LogP contribution in [0.3, 0.4) is 0 Å². The van der Waals surface area contributed by atoms with Crippen LogP contribution in [0.15, 0.2) is 42.5 Å². The summed E-state index contributed by atoms with van der Waals surface area (Å²) in [5.41, 5.74) is 1.59. The molecule has 24 heavy (non-hydrogen) atoms. The molecule has 6 nitrogen and oxygen atoms in total. The number of nitrogens with one attached hydrogen (secondary N) is 1. The Morgan fingerprint density at radius 2 is 2.04 bits per heavy atom. The van der Waals surface area contributed by atoms with Crippen molar-refractivity contribution >= 4 is 11.7 Å². The fourth-order valence-corrected chi connectivity index (χ4v) is 2.48. The summed E-state index contributed by atoms with van der Waals surface area (Å²) in [7, 11) is 0. The maximum atomic E-state index is 12.3. The molecule has 3 rings (SSSR count). The molecule has 0 saturated carbocycles. The quantitative estimate of drug-likeness (QED) is 0.916. The molecule has 1 N–H and O–H groups in total. The molecule has 1 aromatic heterocycles. The lowest BCUT2D eigenvalue weighted by atomic mass is 10.2. The molecule has 1 aliphatic rings. The highest BCUT2D eigenvalue weighted by Gasteiger charge is 2.32. The van der Waals surface area contributed by atoms with Gasteiger partial charge in [0.25, 0.3) is 0 Å². The van der Waals surface area contributed by atoms with Crippen molar-refractivity contribution in [3.05, 3.63) is 48.2 Å². The van der Waals surface area contributed by atoms with Crippen molar-refractivity contribution in [3.8, 4) is 11.6 Å². The summed E-state index contributed by atoms with van der Waals surface area (Å²) in [6.07, 6.45) is -0.0211. The van der Waals surface area contributed by atoms with E-state index in [9.17, 15) is 4.79 Å². The molecule has 0 unspecified atom stereocenters. The van der Waals surface area contributed by atoms with Crippen molar-refractivity contribution in [1.82, 2.24) is 9.88 Å². The minimum absolute atomic E-state index is 0.0211. The van der Waals surface area contributed by atoms with E-state index in [0.717, 1.165) is 5.69 Å². The van der Waals surface area contributed by atoms with Crippen molar-refractivity contribution in [2.75, 3.05) is 25.0 Å². The number of hydrogen-bond acceptors (Lipinski definition) is 4. The third-order valence-electron chi connectivity index (χ3n) is 3.71. The van der Waals surface area contributed by atoms with E-state index < -0.39 is 0 Å². The molecule has 1 aliphatic heterocycles. The molecule has 0 aliphatic carbocycles. The minimum atomic E-state index is -0.154. The van der Waals surface area contributed by atoms with Gasteiger partial charge in [0.1, 0.15) is 11.9 Å². The molecule has 2 aromatic rings. The predicted molar refractivity (Wildman–Crippen MR) is 91.6 cm³/mol. The Morgan fingerprint density at radius 1 is 1.25 bits per heavy atom. The van der Waals surface area contributed by atoms with Crippen molar-refractivity contribution in [1.29, 1.82) is 0 Å². The number of nitrogens with zero attached hydrogens (tertiary/aromatic N) is 2. The monoisotopic (exact) mass is 327 g/mol. The van der Waals surface area contributed by atoms with Crippen molar-refractivity contribution < 1.29 is 14.3 Å². The Bertz CT molecular complexity index is 714. The van der Waals surface area contributed by atoms with Crippen LogP contribution < -0.4 is 14.8 Å². The van der Waals surface area contributed by atoms with Crippen LogP contribution in [-0.4, -0.2) is 41.7 Å². The zero-order chi connectivity index (χ0) is 16.9. The molecule has 0 spiro atoms. The summed E-state index contributed by atoms with van der Waals surface area (Å²) in [4.78, 5) is 18.3. The van der Waals surface area contributed by atoms with Crippen LogP contribution in [0.25, 0.3) is 0 Å². The average molecular weight is 327 g/mol. The highest BCUT2D eigenvalue weighted by Crippen LogP contribution is 2.25. The van der Waals surface area contributed by atoms with E-state index in [-0.39, 0.29) is 12.1 Å². The number of anilines is 1. The molecule has 0 radical (unpaired) electrons. The fraction of sp³-hybridized carbons (Fsp3) is 0.333. The van der Waals surface area contributed by atoms with Crippen molar-refractivity contribution in [2.24, 2.45) is 0 Å². The van der Waals surface area contributed by atoms with Crippen LogP contribution in [0.1, 0.15) is 12.6 Å². The Balaban J connectivity index is 1.52. The SMILES string of the molecule is CCOc1ccccc1NC(=O)N1CC(Oc2cccc(C)n2)C1. The highest BCUT2D eigenvalue weighted by atomic mass is 16.5. The number of aromatic nitrogens is 1. The average Bonchev–Trinajstić information content (AvgIpc) is 2.52. The minimum Gasteiger partial charge on any atom is -0.492 e. The molecule has 2 amide bonds. The van der Waals surface area contributed by atoms with Gasteiger partial charge in [-0.3, -0.25) is 0 Å². The molecule has 1 fully saturated rings. The number of hydrogen-bond donors (Lipinski definition) is 1. The zero-order valence-corrected chi connectivity index (χ0v) is 13.9. The number of carbonyl (C=O) groups is 1. The molecule has 6 heteroatoms. The van der Waals surface area contributed by atoms with E-state index in [1.54, 1.807) is 4.90 Å². The molecule has 126 valence electrons. The van der Waals surface area contributed by atoms with Gasteiger partial charge < -0.3 is 19.7 Å². The molecular formula is C18H21N3O3. The molecule has 1 aromatic carbocycles. The summed E-state index contributed by atoms with van der Waals surface area (Å²) < 4.78 is 11.3. The Labute approximate surface area is 141 Å². The number of para-hydroxylation sites is 2. The predicted octanol–water partition coefficient (Wildman–Crippen LogP) is 3.08. The number of ether oxygens (including phenoxy) is 2. The number of benzene rings is 1. The van der Waals surface area contributed by atoms with E-state index in [2.05, 4.69) is 10.3 Å². The Morgan fingerprint density at radius 3 is 2.79 bits per heavy atom. The van der Waals surface area contributed by atoms with Gasteiger partial charge in [0.05, 0.1) is 25.4 Å². The number of aryl methyl sites for hydroxylation is 1. The first-order chi connectivity index (χ1) is 11.7. The standard InChI is InChI=1S/C18H21N3O3/c1-3-23-16-9-5-4-8-15(16)20-18(22)21-11-14(12-21)24-17-10-6-7-13(2)19-17/h4-10,14H,3,11-12H2,1-2H3,(H,20,22). The van der Waals surface area contributed by atoms with E-state index in [1.807, 2.05) is 56.3 Å². The zero-order valence-electron chi connectivity index (χ0n) is 13.9. The maximum Gasteiger partial charge on any atom is 0.322 e. The second-order valence-corrected chi connectivity index (χ2v) is 5.62. The van der Waals surface area contributed by atoms with Gasteiger partial charge in [0.2, 0.25) is 5.88 Å². The summed E-state index contributed by atoms with van der Waals surface area (Å²) >= 11 is 0. The maximum absolute atomic E-state index is 12.3. The highest BCUT2D eigenvalue weighted by molar-refractivity contribution is 5.91. The molecular weight excluding hydrogens is 306 g/mol. The van der Waals surface area contributed by atoms with Gasteiger partial charge in [-0.2, -0.15) is 0 Å². The van der Waals surface area contributed by atoms with Crippen molar-refractivity contribution in [2.45, 2.75) is 20.0 Å². The number of likely N-dealkylation sites (tertiary alicyclic amines) is 1. The summed E-state index contributed by atoms with van der Waals surface area (Å²) in [6.45, 7) is 5.46. The van der Waals surface area contributed by atoms with Crippen molar-refractivity contribution in [3.63, 3.8) is 0 Å². The first-order valence-electron chi connectivity index (χ1n) is 8.03. The van der Waals surface area contributed by atoms with Gasteiger partial charge in [-0.25, -0.2) is 9.78 Å². The third-order valence-corrected chi connectivity index (χ3v) is 3.71.